The van der Waals surface area contributed by atoms with Crippen LogP contribution in [0.15, 0.2) is 12.1 Å². The van der Waals surface area contributed by atoms with E-state index in [1.807, 2.05) is 32.9 Å². The first-order chi connectivity index (χ1) is 11.9. The maximum absolute atomic E-state index is 12.0. The summed E-state index contributed by atoms with van der Waals surface area (Å²) < 4.78 is 10.6. The molecule has 2 rings (SSSR count). The molecular weight excluding hydrogens is 318 g/mol. The minimum Gasteiger partial charge on any atom is -0.481 e. The van der Waals surface area contributed by atoms with Crippen LogP contribution in [-0.2, 0) is 14.3 Å². The van der Waals surface area contributed by atoms with Crippen LogP contribution in [0.3, 0.4) is 0 Å². The molecule has 2 atom stereocenters. The van der Waals surface area contributed by atoms with E-state index in [0.717, 1.165) is 36.0 Å². The summed E-state index contributed by atoms with van der Waals surface area (Å²) in [5.74, 6) is 0.397. The Kier molecular flexibility index (Phi) is 6.85. The summed E-state index contributed by atoms with van der Waals surface area (Å²) in [5, 5.41) is 2.97. The van der Waals surface area contributed by atoms with Gasteiger partial charge in [0.2, 0.25) is 0 Å². The molecule has 1 N–H and O–H groups in total. The van der Waals surface area contributed by atoms with E-state index in [1.54, 1.807) is 0 Å². The molecule has 0 bridgehead atoms. The Balaban J connectivity index is 1.74. The lowest BCUT2D eigenvalue weighted by atomic mass is 9.86. The molecule has 0 aliphatic heterocycles. The van der Waals surface area contributed by atoms with Crippen LogP contribution in [0.2, 0.25) is 0 Å². The van der Waals surface area contributed by atoms with Crippen molar-refractivity contribution in [2.75, 3.05) is 13.2 Å². The van der Waals surface area contributed by atoms with Crippen molar-refractivity contribution in [1.29, 1.82) is 0 Å². The van der Waals surface area contributed by atoms with Gasteiger partial charge in [-0.1, -0.05) is 37.5 Å². The van der Waals surface area contributed by atoms with E-state index < -0.39 is 5.97 Å². The van der Waals surface area contributed by atoms with Crippen molar-refractivity contribution < 1.29 is 19.1 Å². The molecular formula is C20H29NO4. The van der Waals surface area contributed by atoms with Gasteiger partial charge in [-0.15, -0.1) is 0 Å². The maximum atomic E-state index is 12.0. The van der Waals surface area contributed by atoms with E-state index in [2.05, 4.69) is 12.2 Å². The van der Waals surface area contributed by atoms with Gasteiger partial charge >= 0.3 is 5.97 Å². The van der Waals surface area contributed by atoms with E-state index in [4.69, 9.17) is 9.47 Å². The summed E-state index contributed by atoms with van der Waals surface area (Å²) >= 11 is 0. The van der Waals surface area contributed by atoms with Crippen molar-refractivity contribution in [3.8, 4) is 5.75 Å². The molecule has 25 heavy (non-hydrogen) atoms. The van der Waals surface area contributed by atoms with E-state index in [0.29, 0.717) is 11.7 Å². The molecule has 0 radical (unpaired) electrons. The molecule has 1 aliphatic rings. The Labute approximate surface area is 150 Å². The maximum Gasteiger partial charge on any atom is 0.344 e. The van der Waals surface area contributed by atoms with Crippen LogP contribution in [0.4, 0.5) is 0 Å². The first kappa shape index (κ1) is 19.3. The Morgan fingerprint density at radius 3 is 2.36 bits per heavy atom. The topological polar surface area (TPSA) is 64.6 Å². The fraction of sp³-hybridized carbons (Fsp3) is 0.600. The SMILES string of the molecule is Cc1cc(C)c(OCC(=O)OCC(=O)N[C@H]2CCCC[C@H]2C)c(C)c1. The van der Waals surface area contributed by atoms with Gasteiger partial charge in [-0.25, -0.2) is 4.79 Å². The lowest BCUT2D eigenvalue weighted by Gasteiger charge is -2.29. The number of rotatable bonds is 6. The number of hydrogen-bond acceptors (Lipinski definition) is 4. The van der Waals surface area contributed by atoms with Gasteiger partial charge in [0.1, 0.15) is 5.75 Å². The highest BCUT2D eigenvalue weighted by Crippen LogP contribution is 2.25. The smallest absolute Gasteiger partial charge is 0.344 e. The van der Waals surface area contributed by atoms with Crippen molar-refractivity contribution in [3.05, 3.63) is 28.8 Å². The van der Waals surface area contributed by atoms with Crippen molar-refractivity contribution in [2.45, 2.75) is 59.4 Å². The number of amides is 1. The molecule has 0 heterocycles. The second kappa shape index (κ2) is 8.88. The molecule has 0 saturated heterocycles. The first-order valence-electron chi connectivity index (χ1n) is 9.02. The highest BCUT2D eigenvalue weighted by atomic mass is 16.6. The fourth-order valence-corrected chi connectivity index (χ4v) is 3.49. The van der Waals surface area contributed by atoms with E-state index in [-0.39, 0.29) is 25.2 Å². The molecule has 0 spiro atoms. The highest BCUT2D eigenvalue weighted by Gasteiger charge is 2.23. The van der Waals surface area contributed by atoms with Crippen LogP contribution in [0.1, 0.15) is 49.3 Å². The van der Waals surface area contributed by atoms with Crippen LogP contribution in [0.5, 0.6) is 5.75 Å². The Morgan fingerprint density at radius 1 is 1.08 bits per heavy atom. The van der Waals surface area contributed by atoms with Gasteiger partial charge in [0.05, 0.1) is 0 Å². The molecule has 138 valence electrons. The second-order valence-electron chi connectivity index (χ2n) is 7.11. The molecule has 1 aliphatic carbocycles. The quantitative estimate of drug-likeness (QED) is 0.803. The molecule has 1 amide bonds. The number of carbonyl (C=O) groups excluding carboxylic acids is 2. The number of ether oxygens (including phenoxy) is 2. The number of esters is 1. The van der Waals surface area contributed by atoms with Gasteiger partial charge in [0.15, 0.2) is 13.2 Å². The lowest BCUT2D eigenvalue weighted by molar-refractivity contribution is -0.150. The molecule has 5 nitrogen and oxygen atoms in total. The zero-order valence-electron chi connectivity index (χ0n) is 15.7. The van der Waals surface area contributed by atoms with E-state index in [9.17, 15) is 9.59 Å². The summed E-state index contributed by atoms with van der Waals surface area (Å²) in [6.45, 7) is 7.61. The molecule has 5 heteroatoms. The Bertz CT molecular complexity index is 603. The normalized spacial score (nSPS) is 20.0. The minimum absolute atomic E-state index is 0.189. The van der Waals surface area contributed by atoms with Crippen LogP contribution >= 0.6 is 0 Å². The third kappa shape index (κ3) is 5.76. The molecule has 1 aromatic carbocycles. The number of hydrogen-bond donors (Lipinski definition) is 1. The molecule has 1 fully saturated rings. The highest BCUT2D eigenvalue weighted by molar-refractivity contribution is 5.81. The average Bonchev–Trinajstić information content (AvgIpc) is 2.54. The third-order valence-corrected chi connectivity index (χ3v) is 4.76. The lowest BCUT2D eigenvalue weighted by Crippen LogP contribution is -2.43. The number of benzene rings is 1. The predicted octanol–water partition coefficient (Wildman–Crippen LogP) is 3.23. The van der Waals surface area contributed by atoms with Gasteiger partial charge in [-0.05, 0) is 50.7 Å². The Hall–Kier alpha value is -2.04. The minimum atomic E-state index is -0.536. The van der Waals surface area contributed by atoms with Gasteiger partial charge in [-0.3, -0.25) is 4.79 Å². The van der Waals surface area contributed by atoms with Gasteiger partial charge < -0.3 is 14.8 Å². The largest absolute Gasteiger partial charge is 0.481 e. The van der Waals surface area contributed by atoms with Crippen LogP contribution < -0.4 is 10.1 Å². The van der Waals surface area contributed by atoms with Crippen molar-refractivity contribution in [3.63, 3.8) is 0 Å². The van der Waals surface area contributed by atoms with Gasteiger partial charge in [0, 0.05) is 6.04 Å². The summed E-state index contributed by atoms with van der Waals surface area (Å²) in [6.07, 6.45) is 4.49. The molecule has 0 aromatic heterocycles. The third-order valence-electron chi connectivity index (χ3n) is 4.76. The van der Waals surface area contributed by atoms with Crippen LogP contribution in [0.25, 0.3) is 0 Å². The number of nitrogens with one attached hydrogen (secondary N) is 1. The van der Waals surface area contributed by atoms with Gasteiger partial charge in [0.25, 0.3) is 5.91 Å². The van der Waals surface area contributed by atoms with E-state index >= 15 is 0 Å². The van der Waals surface area contributed by atoms with Crippen molar-refractivity contribution >= 4 is 11.9 Å². The molecule has 1 saturated carbocycles. The fourth-order valence-electron chi connectivity index (χ4n) is 3.49. The van der Waals surface area contributed by atoms with Gasteiger partial charge in [-0.2, -0.15) is 0 Å². The summed E-state index contributed by atoms with van der Waals surface area (Å²) in [5.41, 5.74) is 3.11. The van der Waals surface area contributed by atoms with E-state index in [1.165, 1.54) is 6.42 Å². The number of aryl methyl sites for hydroxylation is 3. The monoisotopic (exact) mass is 347 g/mol. The summed E-state index contributed by atoms with van der Waals surface area (Å²) in [4.78, 5) is 23.8. The Morgan fingerprint density at radius 2 is 1.72 bits per heavy atom. The second-order valence-corrected chi connectivity index (χ2v) is 7.11. The zero-order chi connectivity index (χ0) is 18.4. The summed E-state index contributed by atoms with van der Waals surface area (Å²) in [6, 6.07) is 4.20. The summed E-state index contributed by atoms with van der Waals surface area (Å²) in [7, 11) is 0. The van der Waals surface area contributed by atoms with Crippen molar-refractivity contribution in [2.24, 2.45) is 5.92 Å². The zero-order valence-corrected chi connectivity index (χ0v) is 15.7. The average molecular weight is 347 g/mol. The first-order valence-corrected chi connectivity index (χ1v) is 9.02. The van der Waals surface area contributed by atoms with Crippen LogP contribution in [-0.4, -0.2) is 31.1 Å². The predicted molar refractivity (Wildman–Crippen MR) is 96.7 cm³/mol. The van der Waals surface area contributed by atoms with Crippen molar-refractivity contribution in [1.82, 2.24) is 5.32 Å². The standard InChI is InChI=1S/C20H29NO4/c1-13-9-15(3)20(16(4)10-13)25-12-19(23)24-11-18(22)21-17-8-6-5-7-14(17)2/h9-10,14,17H,5-8,11-12H2,1-4H3,(H,21,22)/t14-,17+/m1/s1. The number of carbonyl (C=O) groups is 2. The molecule has 1 aromatic rings. The van der Waals surface area contributed by atoms with Crippen LogP contribution in [0, 0.1) is 26.7 Å². The molecule has 0 unspecified atom stereocenters.